The normalized spacial score (nSPS) is 19.8. The van der Waals surface area contributed by atoms with Crippen LogP contribution in [0.25, 0.3) is 0 Å². The van der Waals surface area contributed by atoms with Crippen molar-refractivity contribution in [1.82, 2.24) is 10.0 Å². The molecule has 7 heteroatoms. The Kier molecular flexibility index (Phi) is 4.94. The molecule has 1 heterocycles. The monoisotopic (exact) mass is 350 g/mol. The van der Waals surface area contributed by atoms with Crippen LogP contribution in [0.2, 0.25) is 0 Å². The minimum Gasteiger partial charge on any atom is -0.316 e. The lowest BCUT2D eigenvalue weighted by molar-refractivity contribution is 0.515. The highest BCUT2D eigenvalue weighted by atomic mass is 79.9. The number of hydrogen-bond donors (Lipinski definition) is 2. The largest absolute Gasteiger partial charge is 0.316 e. The number of sulfonamides is 1. The van der Waals surface area contributed by atoms with Gasteiger partial charge in [-0.1, -0.05) is 15.9 Å². The summed E-state index contributed by atoms with van der Waals surface area (Å²) in [4.78, 5) is -0.313. The predicted molar refractivity (Wildman–Crippen MR) is 74.9 cm³/mol. The van der Waals surface area contributed by atoms with E-state index in [1.807, 2.05) is 0 Å². The molecule has 1 aromatic carbocycles. The highest BCUT2D eigenvalue weighted by Gasteiger charge is 2.20. The fourth-order valence-electron chi connectivity index (χ4n) is 2.12. The fraction of sp³-hybridized carbons (Fsp3) is 0.500. The molecular weight excluding hydrogens is 335 g/mol. The van der Waals surface area contributed by atoms with E-state index in [2.05, 4.69) is 26.0 Å². The van der Waals surface area contributed by atoms with Crippen LogP contribution in [-0.2, 0) is 10.0 Å². The minimum atomic E-state index is -3.78. The minimum absolute atomic E-state index is 0.313. The topological polar surface area (TPSA) is 58.2 Å². The van der Waals surface area contributed by atoms with Crippen molar-refractivity contribution in [2.45, 2.75) is 17.7 Å². The maximum absolute atomic E-state index is 13.5. The molecule has 0 amide bonds. The lowest BCUT2D eigenvalue weighted by Crippen LogP contribution is -2.27. The van der Waals surface area contributed by atoms with Crippen LogP contribution in [0.5, 0.6) is 0 Å². The summed E-state index contributed by atoms with van der Waals surface area (Å²) in [5, 5.41) is 3.22. The first-order chi connectivity index (χ1) is 8.99. The van der Waals surface area contributed by atoms with Gasteiger partial charge in [-0.25, -0.2) is 17.5 Å². The molecular formula is C12H16BrFN2O2S. The van der Waals surface area contributed by atoms with Crippen LogP contribution in [0, 0.1) is 11.7 Å². The second kappa shape index (κ2) is 6.30. The van der Waals surface area contributed by atoms with E-state index in [4.69, 9.17) is 0 Å². The molecule has 2 rings (SSSR count). The van der Waals surface area contributed by atoms with E-state index in [0.717, 1.165) is 32.0 Å². The molecule has 0 aliphatic carbocycles. The highest BCUT2D eigenvalue weighted by molar-refractivity contribution is 9.10. The van der Waals surface area contributed by atoms with E-state index in [1.165, 1.54) is 12.1 Å². The van der Waals surface area contributed by atoms with Gasteiger partial charge in [0.15, 0.2) is 0 Å². The molecule has 1 aromatic rings. The number of benzene rings is 1. The van der Waals surface area contributed by atoms with Crippen molar-refractivity contribution in [1.29, 1.82) is 0 Å². The van der Waals surface area contributed by atoms with Crippen LogP contribution < -0.4 is 10.0 Å². The third-order valence-corrected chi connectivity index (χ3v) is 5.16. The van der Waals surface area contributed by atoms with E-state index < -0.39 is 15.8 Å². The average Bonchev–Trinajstić information content (AvgIpc) is 2.85. The Bertz CT molecular complexity index is 545. The van der Waals surface area contributed by atoms with Crippen molar-refractivity contribution in [3.63, 3.8) is 0 Å². The molecule has 106 valence electrons. The second-order valence-electron chi connectivity index (χ2n) is 4.62. The van der Waals surface area contributed by atoms with E-state index in [-0.39, 0.29) is 4.90 Å². The van der Waals surface area contributed by atoms with Crippen molar-refractivity contribution in [3.8, 4) is 0 Å². The summed E-state index contributed by atoms with van der Waals surface area (Å²) in [6.45, 7) is 2.24. The smallest absolute Gasteiger partial charge is 0.243 e. The van der Waals surface area contributed by atoms with Gasteiger partial charge in [0.2, 0.25) is 10.0 Å². The fourth-order valence-corrected chi connectivity index (χ4v) is 3.78. The first-order valence-corrected chi connectivity index (χ1v) is 8.42. The Morgan fingerprint density at radius 3 is 2.95 bits per heavy atom. The van der Waals surface area contributed by atoms with Gasteiger partial charge >= 0.3 is 0 Å². The Morgan fingerprint density at radius 1 is 1.47 bits per heavy atom. The van der Waals surface area contributed by atoms with Gasteiger partial charge in [0.1, 0.15) is 10.7 Å². The number of hydrogen-bond acceptors (Lipinski definition) is 3. The molecule has 1 saturated heterocycles. The molecule has 4 nitrogen and oxygen atoms in total. The van der Waals surface area contributed by atoms with Crippen molar-refractivity contribution in [2.24, 2.45) is 5.92 Å². The summed E-state index contributed by atoms with van der Waals surface area (Å²) in [6, 6.07) is 3.88. The quantitative estimate of drug-likeness (QED) is 0.852. The van der Waals surface area contributed by atoms with Gasteiger partial charge in [-0.05, 0) is 50.0 Å². The third kappa shape index (κ3) is 3.98. The van der Waals surface area contributed by atoms with Crippen molar-refractivity contribution < 1.29 is 12.8 Å². The molecule has 0 aromatic heterocycles. The van der Waals surface area contributed by atoms with Gasteiger partial charge in [-0.2, -0.15) is 0 Å². The Morgan fingerprint density at radius 2 is 2.26 bits per heavy atom. The molecule has 19 heavy (non-hydrogen) atoms. The Balaban J connectivity index is 1.99. The van der Waals surface area contributed by atoms with Crippen molar-refractivity contribution in [3.05, 3.63) is 28.5 Å². The molecule has 0 bridgehead atoms. The van der Waals surface area contributed by atoms with E-state index in [1.54, 1.807) is 0 Å². The zero-order chi connectivity index (χ0) is 13.9. The van der Waals surface area contributed by atoms with Gasteiger partial charge in [0.25, 0.3) is 0 Å². The standard InChI is InChI=1S/C12H16BrFN2O2S/c13-10-1-2-11(14)12(7-10)19(17,18)16-6-4-9-3-5-15-8-9/h1-2,7,9,15-16H,3-6,8H2. The summed E-state index contributed by atoms with van der Waals surface area (Å²) in [5.41, 5.74) is 0. The number of nitrogens with one attached hydrogen (secondary N) is 2. The van der Waals surface area contributed by atoms with Crippen LogP contribution in [-0.4, -0.2) is 28.1 Å². The van der Waals surface area contributed by atoms with E-state index in [0.29, 0.717) is 16.9 Å². The predicted octanol–water partition coefficient (Wildman–Crippen LogP) is 1.87. The molecule has 1 aliphatic rings. The molecule has 1 unspecified atom stereocenters. The van der Waals surface area contributed by atoms with Crippen LogP contribution >= 0.6 is 15.9 Å². The number of halogens is 2. The van der Waals surface area contributed by atoms with Gasteiger partial charge in [0, 0.05) is 11.0 Å². The van der Waals surface area contributed by atoms with Crippen LogP contribution in [0.15, 0.2) is 27.6 Å². The zero-order valence-corrected chi connectivity index (χ0v) is 12.7. The van der Waals surface area contributed by atoms with Gasteiger partial charge in [-0.15, -0.1) is 0 Å². The summed E-state index contributed by atoms with van der Waals surface area (Å²) in [7, 11) is -3.78. The van der Waals surface area contributed by atoms with Crippen LogP contribution in [0.3, 0.4) is 0 Å². The van der Waals surface area contributed by atoms with Gasteiger partial charge < -0.3 is 5.32 Å². The summed E-state index contributed by atoms with van der Waals surface area (Å²) in [6.07, 6.45) is 1.83. The molecule has 1 aliphatic heterocycles. The Hall–Kier alpha value is -0.500. The zero-order valence-electron chi connectivity index (χ0n) is 10.3. The summed E-state index contributed by atoms with van der Waals surface area (Å²) < 4.78 is 40.5. The molecule has 1 atom stereocenters. The SMILES string of the molecule is O=S(=O)(NCCC1CCNC1)c1cc(Br)ccc1F. The van der Waals surface area contributed by atoms with Gasteiger partial charge in [0.05, 0.1) is 0 Å². The molecule has 0 radical (unpaired) electrons. The summed E-state index contributed by atoms with van der Waals surface area (Å²) in [5.74, 6) is -0.242. The molecule has 0 saturated carbocycles. The first kappa shape index (κ1) is 14.9. The van der Waals surface area contributed by atoms with E-state index >= 15 is 0 Å². The van der Waals surface area contributed by atoms with Crippen LogP contribution in [0.1, 0.15) is 12.8 Å². The van der Waals surface area contributed by atoms with Gasteiger partial charge in [-0.3, -0.25) is 0 Å². The van der Waals surface area contributed by atoms with Crippen LogP contribution in [0.4, 0.5) is 4.39 Å². The highest BCUT2D eigenvalue weighted by Crippen LogP contribution is 2.20. The Labute approximate surface area is 121 Å². The second-order valence-corrected chi connectivity index (χ2v) is 7.27. The summed E-state index contributed by atoms with van der Waals surface area (Å²) >= 11 is 3.14. The lowest BCUT2D eigenvalue weighted by Gasteiger charge is -2.10. The molecule has 2 N–H and O–H groups in total. The average molecular weight is 351 g/mol. The third-order valence-electron chi connectivity index (χ3n) is 3.19. The molecule has 0 spiro atoms. The lowest BCUT2D eigenvalue weighted by atomic mass is 10.1. The number of rotatable bonds is 5. The van der Waals surface area contributed by atoms with Crippen molar-refractivity contribution >= 4 is 26.0 Å². The molecule has 1 fully saturated rings. The van der Waals surface area contributed by atoms with Crippen molar-refractivity contribution in [2.75, 3.05) is 19.6 Å². The maximum Gasteiger partial charge on any atom is 0.243 e. The maximum atomic E-state index is 13.5. The first-order valence-electron chi connectivity index (χ1n) is 6.14. The van der Waals surface area contributed by atoms with E-state index in [9.17, 15) is 12.8 Å².